The zero-order chi connectivity index (χ0) is 23.8. The van der Waals surface area contributed by atoms with Gasteiger partial charge < -0.3 is 4.74 Å². The highest BCUT2D eigenvalue weighted by molar-refractivity contribution is 6.37. The maximum absolute atomic E-state index is 14.7. The zero-order valence-electron chi connectivity index (χ0n) is 18.0. The van der Waals surface area contributed by atoms with Crippen molar-refractivity contribution in [3.05, 3.63) is 101 Å². The van der Waals surface area contributed by atoms with Crippen LogP contribution >= 0.6 is 0 Å². The highest BCUT2D eigenvalue weighted by atomic mass is 19.1. The van der Waals surface area contributed by atoms with Gasteiger partial charge in [0.25, 0.3) is 0 Å². The van der Waals surface area contributed by atoms with Gasteiger partial charge in [-0.3, -0.25) is 19.2 Å². The van der Waals surface area contributed by atoms with Crippen LogP contribution in [0.5, 0.6) is 0 Å². The average molecular weight is 455 g/mol. The van der Waals surface area contributed by atoms with Crippen LogP contribution in [0.3, 0.4) is 0 Å². The summed E-state index contributed by atoms with van der Waals surface area (Å²) < 4.78 is 20.9. The number of halogens is 1. The van der Waals surface area contributed by atoms with Gasteiger partial charge in [-0.15, -0.1) is 0 Å². The van der Waals surface area contributed by atoms with Gasteiger partial charge in [-0.1, -0.05) is 66.2 Å². The lowest BCUT2D eigenvalue weighted by atomic mass is 9.77. The number of ether oxygens (including phenoxy) is 1. The van der Waals surface area contributed by atoms with Gasteiger partial charge in [0.05, 0.1) is 23.6 Å². The van der Waals surface area contributed by atoms with Crippen molar-refractivity contribution in [3.8, 4) is 0 Å². The molecule has 6 rings (SSSR count). The molecule has 3 aliphatic rings. The number of nitrogens with zero attached hydrogens (tertiary/aromatic N) is 1. The Labute approximate surface area is 193 Å². The molecule has 0 radical (unpaired) electrons. The van der Waals surface area contributed by atoms with Crippen LogP contribution < -0.4 is 4.90 Å². The summed E-state index contributed by atoms with van der Waals surface area (Å²) in [5.74, 6) is -6.11. The van der Waals surface area contributed by atoms with Crippen LogP contribution in [0.1, 0.15) is 37.9 Å². The minimum atomic E-state index is -2.17. The largest absolute Gasteiger partial charge is 0.349 e. The number of benzene rings is 3. The SMILES string of the molecule is Cc1ccc([C@H]2OC3(C(=O)c4ccccc4C3=O)[C@H]3C(=O)N(c4ccccc4F)C(=O)[C@@H]23)cc1. The van der Waals surface area contributed by atoms with Crippen molar-refractivity contribution in [1.82, 2.24) is 0 Å². The Balaban J connectivity index is 1.56. The number of carbonyl (C=O) groups is 4. The van der Waals surface area contributed by atoms with Crippen molar-refractivity contribution in [2.24, 2.45) is 11.8 Å². The van der Waals surface area contributed by atoms with Gasteiger partial charge in [-0.2, -0.15) is 0 Å². The molecule has 1 spiro atoms. The molecule has 2 saturated heterocycles. The van der Waals surface area contributed by atoms with Gasteiger partial charge in [0.15, 0.2) is 0 Å². The molecule has 0 aromatic heterocycles. The number of amides is 2. The number of para-hydroxylation sites is 1. The lowest BCUT2D eigenvalue weighted by Crippen LogP contribution is -2.51. The van der Waals surface area contributed by atoms with E-state index in [9.17, 15) is 23.6 Å². The van der Waals surface area contributed by atoms with Crippen LogP contribution in [-0.4, -0.2) is 29.0 Å². The van der Waals surface area contributed by atoms with Gasteiger partial charge in [-0.25, -0.2) is 9.29 Å². The molecule has 0 saturated carbocycles. The fourth-order valence-corrected chi connectivity index (χ4v) is 5.44. The summed E-state index contributed by atoms with van der Waals surface area (Å²) in [5.41, 5.74) is -0.543. The number of rotatable bonds is 2. The van der Waals surface area contributed by atoms with E-state index >= 15 is 0 Å². The smallest absolute Gasteiger partial charge is 0.241 e. The molecule has 2 aliphatic heterocycles. The molecule has 6 nitrogen and oxygen atoms in total. The van der Waals surface area contributed by atoms with Crippen molar-refractivity contribution in [3.63, 3.8) is 0 Å². The molecule has 2 amide bonds. The van der Waals surface area contributed by atoms with E-state index in [1.54, 1.807) is 24.3 Å². The second-order valence-electron chi connectivity index (χ2n) is 8.86. The van der Waals surface area contributed by atoms with Crippen LogP contribution in [0.2, 0.25) is 0 Å². The summed E-state index contributed by atoms with van der Waals surface area (Å²) in [6.45, 7) is 1.90. The Hall–Kier alpha value is -3.97. The first-order valence-electron chi connectivity index (χ1n) is 10.9. The number of carbonyl (C=O) groups excluding carboxylic acids is 4. The molecule has 2 heterocycles. The molecule has 1 aliphatic carbocycles. The third kappa shape index (κ3) is 2.47. The Bertz CT molecular complexity index is 1380. The summed E-state index contributed by atoms with van der Waals surface area (Å²) in [6.07, 6.45) is -1.03. The third-order valence-electron chi connectivity index (χ3n) is 7.02. The lowest BCUT2D eigenvalue weighted by molar-refractivity contribution is -0.127. The second kappa shape index (κ2) is 7.01. The van der Waals surface area contributed by atoms with Crippen molar-refractivity contribution >= 4 is 29.1 Å². The summed E-state index contributed by atoms with van der Waals surface area (Å²) in [6, 6.07) is 18.8. The van der Waals surface area contributed by atoms with Gasteiger partial charge in [-0.05, 0) is 24.6 Å². The van der Waals surface area contributed by atoms with Crippen LogP contribution in [-0.2, 0) is 14.3 Å². The molecule has 3 aromatic rings. The normalized spacial score (nSPS) is 24.8. The molecule has 34 heavy (non-hydrogen) atoms. The van der Waals surface area contributed by atoms with E-state index in [1.807, 2.05) is 19.1 Å². The fourth-order valence-electron chi connectivity index (χ4n) is 5.44. The molecule has 0 N–H and O–H groups in total. The fraction of sp³-hybridized carbons (Fsp3) is 0.185. The Morgan fingerprint density at radius 1 is 0.794 bits per heavy atom. The highest BCUT2D eigenvalue weighted by Gasteiger charge is 2.74. The minimum absolute atomic E-state index is 0.153. The molecule has 0 bridgehead atoms. The molecule has 0 unspecified atom stereocenters. The maximum atomic E-state index is 14.7. The number of hydrogen-bond acceptors (Lipinski definition) is 5. The predicted molar refractivity (Wildman–Crippen MR) is 119 cm³/mol. The average Bonchev–Trinajstić information content (AvgIpc) is 3.40. The van der Waals surface area contributed by atoms with E-state index in [2.05, 4.69) is 0 Å². The van der Waals surface area contributed by atoms with Crippen LogP contribution in [0.25, 0.3) is 0 Å². The number of Topliss-reactive ketones (excluding diaryl/α,β-unsaturated/α-hetero) is 2. The van der Waals surface area contributed by atoms with Crippen molar-refractivity contribution in [2.75, 3.05) is 4.90 Å². The number of imide groups is 1. The zero-order valence-corrected chi connectivity index (χ0v) is 18.0. The number of fused-ring (bicyclic) bond motifs is 3. The molecule has 3 aromatic carbocycles. The summed E-state index contributed by atoms with van der Waals surface area (Å²) in [5, 5.41) is 0. The number of hydrogen-bond donors (Lipinski definition) is 0. The standard InChI is InChI=1S/C27H18FNO5/c1-14-10-12-15(13-11-14)22-20-21(26(33)29(25(20)32)19-9-5-4-8-18(19)28)27(34-22)23(30)16-6-2-3-7-17(16)24(27)31/h2-13,20-22H,1H3/t20-,21-,22-/m1/s1. The van der Waals surface area contributed by atoms with Crippen molar-refractivity contribution < 1.29 is 28.3 Å². The Morgan fingerprint density at radius 2 is 1.38 bits per heavy atom. The third-order valence-corrected chi connectivity index (χ3v) is 7.02. The molecular formula is C27H18FNO5. The predicted octanol–water partition coefficient (Wildman–Crippen LogP) is 3.83. The number of ketones is 2. The van der Waals surface area contributed by atoms with E-state index < -0.39 is 52.7 Å². The van der Waals surface area contributed by atoms with E-state index in [4.69, 9.17) is 4.74 Å². The van der Waals surface area contributed by atoms with Gasteiger partial charge in [0.1, 0.15) is 5.82 Å². The second-order valence-corrected chi connectivity index (χ2v) is 8.86. The van der Waals surface area contributed by atoms with Gasteiger partial charge in [0.2, 0.25) is 29.0 Å². The van der Waals surface area contributed by atoms with Gasteiger partial charge in [0, 0.05) is 11.1 Å². The molecule has 3 atom stereocenters. The van der Waals surface area contributed by atoms with Crippen molar-refractivity contribution in [2.45, 2.75) is 18.6 Å². The van der Waals surface area contributed by atoms with Crippen LogP contribution in [0.4, 0.5) is 10.1 Å². The van der Waals surface area contributed by atoms with E-state index in [0.717, 1.165) is 16.5 Å². The molecule has 7 heteroatoms. The number of anilines is 1. The van der Waals surface area contributed by atoms with Crippen LogP contribution in [0, 0.1) is 24.6 Å². The van der Waals surface area contributed by atoms with Crippen LogP contribution in [0.15, 0.2) is 72.8 Å². The molecule has 168 valence electrons. The first kappa shape index (κ1) is 20.6. The molecular weight excluding hydrogens is 437 g/mol. The van der Waals surface area contributed by atoms with E-state index in [-0.39, 0.29) is 16.8 Å². The monoisotopic (exact) mass is 455 g/mol. The topological polar surface area (TPSA) is 80.8 Å². The maximum Gasteiger partial charge on any atom is 0.241 e. The first-order valence-corrected chi connectivity index (χ1v) is 10.9. The quantitative estimate of drug-likeness (QED) is 0.433. The minimum Gasteiger partial charge on any atom is -0.349 e. The lowest BCUT2D eigenvalue weighted by Gasteiger charge is -2.27. The van der Waals surface area contributed by atoms with Gasteiger partial charge >= 0.3 is 0 Å². The van der Waals surface area contributed by atoms with E-state index in [1.165, 1.54) is 30.3 Å². The summed E-state index contributed by atoms with van der Waals surface area (Å²) >= 11 is 0. The number of aryl methyl sites for hydroxylation is 1. The van der Waals surface area contributed by atoms with E-state index in [0.29, 0.717) is 5.56 Å². The highest BCUT2D eigenvalue weighted by Crippen LogP contribution is 2.57. The summed E-state index contributed by atoms with van der Waals surface area (Å²) in [4.78, 5) is 55.5. The first-order chi connectivity index (χ1) is 16.4. The van der Waals surface area contributed by atoms with Crippen molar-refractivity contribution in [1.29, 1.82) is 0 Å². The Kier molecular flexibility index (Phi) is 4.25. The summed E-state index contributed by atoms with van der Waals surface area (Å²) in [7, 11) is 0. The Morgan fingerprint density at radius 3 is 2.00 bits per heavy atom. The molecule has 2 fully saturated rings.